The number of benzene rings is 1. The third-order valence-electron chi connectivity index (χ3n) is 3.54. The van der Waals surface area contributed by atoms with Crippen molar-refractivity contribution in [2.24, 2.45) is 7.05 Å². The summed E-state index contributed by atoms with van der Waals surface area (Å²) < 4.78 is 3.18. The van der Waals surface area contributed by atoms with Gasteiger partial charge in [-0.15, -0.1) is 21.5 Å². The van der Waals surface area contributed by atoms with Gasteiger partial charge in [0.1, 0.15) is 0 Å². The number of hydrogen-bond acceptors (Lipinski definition) is 4. The normalized spacial score (nSPS) is 11.3. The van der Waals surface area contributed by atoms with Crippen LogP contribution in [0.4, 0.5) is 0 Å². The first-order chi connectivity index (χ1) is 11.0. The molecule has 0 radical (unpaired) electrons. The minimum absolute atomic E-state index is 0.548. The maximum absolute atomic E-state index is 4.38. The van der Waals surface area contributed by atoms with Crippen molar-refractivity contribution in [2.75, 3.05) is 0 Å². The quantitative estimate of drug-likeness (QED) is 0.506. The van der Waals surface area contributed by atoms with Gasteiger partial charge in [0.05, 0.1) is 0 Å². The topological polar surface area (TPSA) is 30.7 Å². The van der Waals surface area contributed by atoms with Gasteiger partial charge in [-0.05, 0) is 29.7 Å². The van der Waals surface area contributed by atoms with E-state index in [-0.39, 0.29) is 0 Å². The Morgan fingerprint density at radius 2 is 2.09 bits per heavy atom. The molecule has 0 atom stereocenters. The molecule has 3 rings (SSSR count). The van der Waals surface area contributed by atoms with E-state index in [9.17, 15) is 0 Å². The monoisotopic (exact) mass is 407 g/mol. The van der Waals surface area contributed by atoms with E-state index in [1.165, 1.54) is 10.4 Å². The summed E-state index contributed by atoms with van der Waals surface area (Å²) >= 11 is 7.01. The third-order valence-corrected chi connectivity index (χ3v) is 6.36. The van der Waals surface area contributed by atoms with Crippen LogP contribution in [0, 0.1) is 0 Å². The SMILES string of the molecule is CC(C)c1cc(-c2nnc(SCc3cccc(Br)c3)n2C)cs1. The van der Waals surface area contributed by atoms with Crippen LogP contribution in [0.1, 0.15) is 30.2 Å². The van der Waals surface area contributed by atoms with Crippen molar-refractivity contribution in [3.63, 3.8) is 0 Å². The van der Waals surface area contributed by atoms with Crippen LogP contribution in [0.5, 0.6) is 0 Å². The van der Waals surface area contributed by atoms with Crippen molar-refractivity contribution < 1.29 is 0 Å². The molecule has 0 aliphatic carbocycles. The van der Waals surface area contributed by atoms with Crippen LogP contribution in [-0.4, -0.2) is 14.8 Å². The molecule has 0 bridgehead atoms. The summed E-state index contributed by atoms with van der Waals surface area (Å²) in [6.07, 6.45) is 0. The summed E-state index contributed by atoms with van der Waals surface area (Å²) in [6.45, 7) is 4.43. The summed E-state index contributed by atoms with van der Waals surface area (Å²) in [7, 11) is 2.03. The molecule has 2 heterocycles. The lowest BCUT2D eigenvalue weighted by Gasteiger charge is -2.03. The Hall–Kier alpha value is -1.11. The molecule has 120 valence electrons. The fraction of sp³-hybridized carbons (Fsp3) is 0.294. The van der Waals surface area contributed by atoms with Gasteiger partial charge in [0, 0.05) is 33.1 Å². The lowest BCUT2D eigenvalue weighted by atomic mass is 10.1. The second kappa shape index (κ2) is 7.20. The van der Waals surface area contributed by atoms with E-state index in [4.69, 9.17) is 0 Å². The Bertz CT molecular complexity index is 808. The minimum atomic E-state index is 0.548. The Morgan fingerprint density at radius 3 is 2.78 bits per heavy atom. The molecule has 0 aliphatic heterocycles. The van der Waals surface area contributed by atoms with Crippen LogP contribution in [0.2, 0.25) is 0 Å². The Balaban J connectivity index is 1.76. The summed E-state index contributed by atoms with van der Waals surface area (Å²) in [5.74, 6) is 2.36. The molecule has 0 amide bonds. The van der Waals surface area contributed by atoms with Gasteiger partial charge in [-0.3, -0.25) is 0 Å². The van der Waals surface area contributed by atoms with Crippen LogP contribution in [0.25, 0.3) is 11.4 Å². The highest BCUT2D eigenvalue weighted by Gasteiger charge is 2.14. The molecule has 2 aromatic heterocycles. The average molecular weight is 408 g/mol. The first-order valence-corrected chi connectivity index (χ1v) is 10.1. The smallest absolute Gasteiger partial charge is 0.191 e. The van der Waals surface area contributed by atoms with E-state index in [1.807, 2.05) is 13.1 Å². The fourth-order valence-electron chi connectivity index (χ4n) is 2.24. The van der Waals surface area contributed by atoms with Crippen molar-refractivity contribution in [3.05, 3.63) is 50.6 Å². The van der Waals surface area contributed by atoms with Crippen LogP contribution >= 0.6 is 39.0 Å². The standard InChI is InChI=1S/C17H18BrN3S2/c1-11(2)15-8-13(10-22-15)16-19-20-17(21(16)3)23-9-12-5-4-6-14(18)7-12/h4-8,10-11H,9H2,1-3H3. The highest BCUT2D eigenvalue weighted by Crippen LogP contribution is 2.31. The van der Waals surface area contributed by atoms with E-state index in [2.05, 4.69) is 74.2 Å². The molecule has 6 heteroatoms. The molecular weight excluding hydrogens is 390 g/mol. The lowest BCUT2D eigenvalue weighted by molar-refractivity contribution is 0.794. The predicted octanol–water partition coefficient (Wildman–Crippen LogP) is 5.72. The first kappa shape index (κ1) is 16.7. The molecule has 0 saturated carbocycles. The summed E-state index contributed by atoms with van der Waals surface area (Å²) in [6, 6.07) is 10.6. The maximum atomic E-state index is 4.38. The van der Waals surface area contributed by atoms with Crippen molar-refractivity contribution in [3.8, 4) is 11.4 Å². The summed E-state index contributed by atoms with van der Waals surface area (Å²) in [4.78, 5) is 1.38. The van der Waals surface area contributed by atoms with Gasteiger partial charge in [0.15, 0.2) is 11.0 Å². The summed E-state index contributed by atoms with van der Waals surface area (Å²) in [5.41, 5.74) is 2.43. The third kappa shape index (κ3) is 3.87. The molecule has 3 nitrogen and oxygen atoms in total. The molecule has 23 heavy (non-hydrogen) atoms. The molecule has 0 fully saturated rings. The van der Waals surface area contributed by atoms with Crippen molar-refractivity contribution in [2.45, 2.75) is 30.7 Å². The van der Waals surface area contributed by atoms with Gasteiger partial charge in [-0.25, -0.2) is 0 Å². The predicted molar refractivity (Wildman–Crippen MR) is 102 cm³/mol. The van der Waals surface area contributed by atoms with E-state index in [0.717, 1.165) is 26.8 Å². The van der Waals surface area contributed by atoms with Gasteiger partial charge in [0.25, 0.3) is 0 Å². The van der Waals surface area contributed by atoms with E-state index in [1.54, 1.807) is 23.1 Å². The zero-order valence-electron chi connectivity index (χ0n) is 13.3. The number of halogens is 1. The zero-order valence-corrected chi connectivity index (χ0v) is 16.5. The molecule has 0 N–H and O–H groups in total. The molecular formula is C17H18BrN3S2. The largest absolute Gasteiger partial charge is 0.305 e. The second-order valence-corrected chi connectivity index (χ2v) is 8.48. The molecule has 1 aromatic carbocycles. The highest BCUT2D eigenvalue weighted by atomic mass is 79.9. The number of rotatable bonds is 5. The molecule has 0 unspecified atom stereocenters. The van der Waals surface area contributed by atoms with Crippen LogP contribution in [-0.2, 0) is 12.8 Å². The Labute approximate surface area is 153 Å². The van der Waals surface area contributed by atoms with E-state index < -0.39 is 0 Å². The number of thiophene rings is 1. The Morgan fingerprint density at radius 1 is 1.26 bits per heavy atom. The molecule has 0 saturated heterocycles. The van der Waals surface area contributed by atoms with Crippen LogP contribution < -0.4 is 0 Å². The van der Waals surface area contributed by atoms with Crippen molar-refractivity contribution >= 4 is 39.0 Å². The van der Waals surface area contributed by atoms with Crippen LogP contribution in [0.3, 0.4) is 0 Å². The Kier molecular flexibility index (Phi) is 5.24. The van der Waals surface area contributed by atoms with E-state index >= 15 is 0 Å². The molecule has 3 aromatic rings. The van der Waals surface area contributed by atoms with Gasteiger partial charge >= 0.3 is 0 Å². The zero-order chi connectivity index (χ0) is 16.4. The average Bonchev–Trinajstić information content (AvgIpc) is 3.12. The van der Waals surface area contributed by atoms with Gasteiger partial charge < -0.3 is 4.57 Å². The lowest BCUT2D eigenvalue weighted by Crippen LogP contribution is -1.94. The highest BCUT2D eigenvalue weighted by molar-refractivity contribution is 9.10. The number of nitrogens with zero attached hydrogens (tertiary/aromatic N) is 3. The first-order valence-electron chi connectivity index (χ1n) is 7.40. The van der Waals surface area contributed by atoms with Crippen molar-refractivity contribution in [1.29, 1.82) is 0 Å². The van der Waals surface area contributed by atoms with Crippen molar-refractivity contribution in [1.82, 2.24) is 14.8 Å². The molecule has 0 spiro atoms. The van der Waals surface area contributed by atoms with E-state index in [0.29, 0.717) is 5.92 Å². The second-order valence-electron chi connectivity index (χ2n) is 5.68. The number of thioether (sulfide) groups is 1. The fourth-order valence-corrected chi connectivity index (χ4v) is 4.44. The number of hydrogen-bond donors (Lipinski definition) is 0. The summed E-state index contributed by atoms with van der Waals surface area (Å²) in [5, 5.41) is 11.8. The van der Waals surface area contributed by atoms with Gasteiger partial charge in [-0.2, -0.15) is 0 Å². The van der Waals surface area contributed by atoms with Crippen LogP contribution in [0.15, 0.2) is 45.3 Å². The number of aromatic nitrogens is 3. The molecule has 0 aliphatic rings. The van der Waals surface area contributed by atoms with Gasteiger partial charge in [0.2, 0.25) is 0 Å². The maximum Gasteiger partial charge on any atom is 0.191 e. The van der Waals surface area contributed by atoms with Gasteiger partial charge in [-0.1, -0.05) is 53.7 Å². The minimum Gasteiger partial charge on any atom is -0.305 e.